The number of ether oxygens (including phenoxy) is 2. The summed E-state index contributed by atoms with van der Waals surface area (Å²) < 4.78 is 10.5. The van der Waals surface area contributed by atoms with Crippen LogP contribution in [0.3, 0.4) is 0 Å². The van der Waals surface area contributed by atoms with Crippen molar-refractivity contribution >= 4 is 11.4 Å². The number of nitrogen functional groups attached to an aromatic ring is 1. The molecule has 2 N–H and O–H groups in total. The van der Waals surface area contributed by atoms with E-state index in [1.807, 2.05) is 32.2 Å². The second-order valence-corrected chi connectivity index (χ2v) is 3.51. The number of methoxy groups -OCH3 is 1. The number of hydrogen-bond donors (Lipinski definition) is 1. The highest BCUT2D eigenvalue weighted by Gasteiger charge is 2.08. The Kier molecular flexibility index (Phi) is 4.92. The van der Waals surface area contributed by atoms with Gasteiger partial charge in [-0.1, -0.05) is 6.07 Å². The molecule has 4 heteroatoms. The Labute approximate surface area is 96.9 Å². The Morgan fingerprint density at radius 2 is 2.12 bits per heavy atom. The van der Waals surface area contributed by atoms with Gasteiger partial charge in [-0.2, -0.15) is 0 Å². The van der Waals surface area contributed by atoms with Crippen molar-refractivity contribution in [2.45, 2.75) is 6.92 Å². The molecule has 0 atom stereocenters. The molecule has 0 aliphatic heterocycles. The molecule has 90 valence electrons. The average molecular weight is 224 g/mol. The predicted molar refractivity (Wildman–Crippen MR) is 67.2 cm³/mol. The van der Waals surface area contributed by atoms with Crippen molar-refractivity contribution in [2.24, 2.45) is 0 Å². The van der Waals surface area contributed by atoms with E-state index in [9.17, 15) is 0 Å². The minimum atomic E-state index is 0.670. The lowest BCUT2D eigenvalue weighted by molar-refractivity contribution is 0.154. The summed E-state index contributed by atoms with van der Waals surface area (Å²) in [6, 6.07) is 5.76. The molecule has 0 spiro atoms. The van der Waals surface area contributed by atoms with Crippen LogP contribution in [-0.2, 0) is 4.74 Å². The van der Waals surface area contributed by atoms with Crippen LogP contribution < -0.4 is 15.4 Å². The van der Waals surface area contributed by atoms with Gasteiger partial charge in [-0.25, -0.2) is 0 Å². The quantitative estimate of drug-likeness (QED) is 0.590. The normalized spacial score (nSPS) is 10.2. The number of nitrogens with zero attached hydrogens (tertiary/aromatic N) is 1. The SMILES string of the molecule is CCOCCN(C)c1cccc(OC)c1N. The van der Waals surface area contributed by atoms with Gasteiger partial charge in [0, 0.05) is 20.2 Å². The summed E-state index contributed by atoms with van der Waals surface area (Å²) >= 11 is 0. The smallest absolute Gasteiger partial charge is 0.143 e. The summed E-state index contributed by atoms with van der Waals surface area (Å²) in [7, 11) is 3.61. The van der Waals surface area contributed by atoms with E-state index < -0.39 is 0 Å². The molecule has 16 heavy (non-hydrogen) atoms. The first-order valence-electron chi connectivity index (χ1n) is 5.42. The van der Waals surface area contributed by atoms with Crippen LogP contribution in [0.1, 0.15) is 6.92 Å². The molecule has 0 saturated carbocycles. The fourth-order valence-corrected chi connectivity index (χ4v) is 1.51. The minimum Gasteiger partial charge on any atom is -0.495 e. The van der Waals surface area contributed by atoms with Gasteiger partial charge in [0.2, 0.25) is 0 Å². The molecule has 0 radical (unpaired) electrons. The van der Waals surface area contributed by atoms with Crippen LogP contribution in [0.5, 0.6) is 5.75 Å². The highest BCUT2D eigenvalue weighted by molar-refractivity contribution is 5.73. The monoisotopic (exact) mass is 224 g/mol. The molecule has 0 heterocycles. The summed E-state index contributed by atoms with van der Waals surface area (Å²) in [5, 5.41) is 0. The molecule has 0 bridgehead atoms. The van der Waals surface area contributed by atoms with Gasteiger partial charge >= 0.3 is 0 Å². The van der Waals surface area contributed by atoms with Crippen molar-refractivity contribution in [1.29, 1.82) is 0 Å². The van der Waals surface area contributed by atoms with E-state index in [0.29, 0.717) is 18.0 Å². The van der Waals surface area contributed by atoms with E-state index in [-0.39, 0.29) is 0 Å². The van der Waals surface area contributed by atoms with Gasteiger partial charge in [-0.05, 0) is 19.1 Å². The summed E-state index contributed by atoms with van der Waals surface area (Å²) in [5.41, 5.74) is 7.63. The molecule has 0 amide bonds. The molecule has 0 aliphatic carbocycles. The van der Waals surface area contributed by atoms with Crippen LogP contribution in [-0.4, -0.2) is 33.9 Å². The highest BCUT2D eigenvalue weighted by Crippen LogP contribution is 2.30. The van der Waals surface area contributed by atoms with Gasteiger partial charge in [0.25, 0.3) is 0 Å². The molecule has 0 aromatic heterocycles. The highest BCUT2D eigenvalue weighted by atomic mass is 16.5. The first-order valence-corrected chi connectivity index (χ1v) is 5.42. The third-order valence-corrected chi connectivity index (χ3v) is 2.45. The predicted octanol–water partition coefficient (Wildman–Crippen LogP) is 1.75. The lowest BCUT2D eigenvalue weighted by Crippen LogP contribution is -2.23. The van der Waals surface area contributed by atoms with Crippen molar-refractivity contribution in [1.82, 2.24) is 0 Å². The van der Waals surface area contributed by atoms with E-state index in [4.69, 9.17) is 15.2 Å². The molecule has 0 unspecified atom stereocenters. The maximum Gasteiger partial charge on any atom is 0.143 e. The molecule has 1 aromatic rings. The molecule has 0 aliphatic rings. The lowest BCUT2D eigenvalue weighted by Gasteiger charge is -2.21. The lowest BCUT2D eigenvalue weighted by atomic mass is 10.2. The molecule has 1 aromatic carbocycles. The van der Waals surface area contributed by atoms with Gasteiger partial charge in [0.15, 0.2) is 0 Å². The molecule has 4 nitrogen and oxygen atoms in total. The van der Waals surface area contributed by atoms with Crippen molar-refractivity contribution in [3.8, 4) is 5.75 Å². The summed E-state index contributed by atoms with van der Waals surface area (Å²) in [4.78, 5) is 2.06. The van der Waals surface area contributed by atoms with E-state index in [0.717, 1.165) is 18.8 Å². The fourth-order valence-electron chi connectivity index (χ4n) is 1.51. The average Bonchev–Trinajstić information content (AvgIpc) is 2.29. The van der Waals surface area contributed by atoms with E-state index in [1.54, 1.807) is 7.11 Å². The molecule has 0 fully saturated rings. The van der Waals surface area contributed by atoms with E-state index >= 15 is 0 Å². The Balaban J connectivity index is 2.71. The third-order valence-electron chi connectivity index (χ3n) is 2.45. The maximum absolute atomic E-state index is 5.99. The second-order valence-electron chi connectivity index (χ2n) is 3.51. The minimum absolute atomic E-state index is 0.670. The number of hydrogen-bond acceptors (Lipinski definition) is 4. The molecular formula is C12H20N2O2. The van der Waals surface area contributed by atoms with Crippen molar-refractivity contribution in [3.05, 3.63) is 18.2 Å². The summed E-state index contributed by atoms with van der Waals surface area (Å²) in [5.74, 6) is 0.709. The summed E-state index contributed by atoms with van der Waals surface area (Å²) in [6.45, 7) is 4.23. The Morgan fingerprint density at radius 3 is 2.75 bits per heavy atom. The second kappa shape index (κ2) is 6.23. The van der Waals surface area contributed by atoms with E-state index in [2.05, 4.69) is 4.90 Å². The first kappa shape index (κ1) is 12.6. The van der Waals surface area contributed by atoms with Crippen LogP contribution in [0.25, 0.3) is 0 Å². The van der Waals surface area contributed by atoms with Crippen molar-refractivity contribution in [3.63, 3.8) is 0 Å². The topological polar surface area (TPSA) is 47.7 Å². The standard InChI is InChI=1S/C12H20N2O2/c1-4-16-9-8-14(2)10-6-5-7-11(15-3)12(10)13/h5-7H,4,8-9,13H2,1-3H3. The zero-order valence-corrected chi connectivity index (χ0v) is 10.2. The maximum atomic E-state index is 5.99. The number of anilines is 2. The van der Waals surface area contributed by atoms with Crippen LogP contribution >= 0.6 is 0 Å². The van der Waals surface area contributed by atoms with Gasteiger partial charge in [0.1, 0.15) is 5.75 Å². The summed E-state index contributed by atoms with van der Waals surface area (Å²) in [6.07, 6.45) is 0. The van der Waals surface area contributed by atoms with Gasteiger partial charge in [-0.3, -0.25) is 0 Å². The number of para-hydroxylation sites is 1. The van der Waals surface area contributed by atoms with Gasteiger partial charge in [-0.15, -0.1) is 0 Å². The van der Waals surface area contributed by atoms with Crippen LogP contribution in [0.15, 0.2) is 18.2 Å². The number of rotatable bonds is 6. The van der Waals surface area contributed by atoms with E-state index in [1.165, 1.54) is 0 Å². The fraction of sp³-hybridized carbons (Fsp3) is 0.500. The van der Waals surface area contributed by atoms with Gasteiger partial charge < -0.3 is 20.1 Å². The molecule has 1 rings (SSSR count). The Morgan fingerprint density at radius 1 is 1.38 bits per heavy atom. The number of nitrogens with two attached hydrogens (primary N) is 1. The Bertz CT molecular complexity index is 329. The zero-order valence-electron chi connectivity index (χ0n) is 10.2. The number of likely N-dealkylation sites (N-methyl/N-ethyl adjacent to an activating group) is 1. The molecular weight excluding hydrogens is 204 g/mol. The largest absolute Gasteiger partial charge is 0.495 e. The van der Waals surface area contributed by atoms with Crippen molar-refractivity contribution < 1.29 is 9.47 Å². The third kappa shape index (κ3) is 3.03. The number of benzene rings is 1. The van der Waals surface area contributed by atoms with Crippen LogP contribution in [0.2, 0.25) is 0 Å². The zero-order chi connectivity index (χ0) is 12.0. The van der Waals surface area contributed by atoms with Gasteiger partial charge in [0.05, 0.1) is 25.1 Å². The van der Waals surface area contributed by atoms with Crippen LogP contribution in [0.4, 0.5) is 11.4 Å². The van der Waals surface area contributed by atoms with Crippen molar-refractivity contribution in [2.75, 3.05) is 44.5 Å². The molecule has 0 saturated heterocycles. The van der Waals surface area contributed by atoms with Crippen LogP contribution in [0, 0.1) is 0 Å². The first-order chi connectivity index (χ1) is 7.70. The Hall–Kier alpha value is -1.42.